The average Bonchev–Trinajstić information content (AvgIpc) is 2.24. The summed E-state index contributed by atoms with van der Waals surface area (Å²) in [4.78, 5) is 11.5. The fourth-order valence-electron chi connectivity index (χ4n) is 1.30. The molecule has 0 aliphatic carbocycles. The van der Waals surface area contributed by atoms with E-state index < -0.39 is 22.5 Å². The SMILES string of the molecule is C[S@@](=O)CCCNC(=O)c1c(O)cccc1F. The molecule has 0 spiro atoms. The van der Waals surface area contributed by atoms with Gasteiger partial charge in [-0.25, -0.2) is 4.39 Å². The highest BCUT2D eigenvalue weighted by atomic mass is 32.2. The number of phenolic OH excluding ortho intramolecular Hbond substituents is 1. The van der Waals surface area contributed by atoms with Crippen LogP contribution >= 0.6 is 0 Å². The van der Waals surface area contributed by atoms with E-state index in [9.17, 15) is 18.5 Å². The second-order valence-electron chi connectivity index (χ2n) is 3.52. The summed E-state index contributed by atoms with van der Waals surface area (Å²) in [6.45, 7) is 0.298. The third-order valence-electron chi connectivity index (χ3n) is 2.11. The Kier molecular flexibility index (Phi) is 5.09. The van der Waals surface area contributed by atoms with E-state index in [0.29, 0.717) is 18.7 Å². The van der Waals surface area contributed by atoms with Gasteiger partial charge >= 0.3 is 0 Å². The smallest absolute Gasteiger partial charge is 0.258 e. The molecule has 0 heterocycles. The van der Waals surface area contributed by atoms with Crippen LogP contribution in [0.5, 0.6) is 5.75 Å². The molecule has 1 aromatic carbocycles. The zero-order valence-corrected chi connectivity index (χ0v) is 10.2. The van der Waals surface area contributed by atoms with Crippen LogP contribution in [0.2, 0.25) is 0 Å². The standard InChI is InChI=1S/C11H14FNO3S/c1-17(16)7-3-6-13-11(15)10-8(12)4-2-5-9(10)14/h2,4-5,14H,3,6-7H2,1H3,(H,13,15)/t17-/m1/s1. The average molecular weight is 259 g/mol. The molecule has 0 saturated heterocycles. The molecular weight excluding hydrogens is 245 g/mol. The van der Waals surface area contributed by atoms with Crippen LogP contribution in [0.3, 0.4) is 0 Å². The molecule has 1 rings (SSSR count). The number of hydrogen-bond donors (Lipinski definition) is 2. The monoisotopic (exact) mass is 259 g/mol. The van der Waals surface area contributed by atoms with Crippen LogP contribution in [0.4, 0.5) is 4.39 Å². The van der Waals surface area contributed by atoms with E-state index in [-0.39, 0.29) is 11.3 Å². The second kappa shape index (κ2) is 6.34. The van der Waals surface area contributed by atoms with E-state index in [1.807, 2.05) is 0 Å². The molecule has 0 unspecified atom stereocenters. The lowest BCUT2D eigenvalue weighted by molar-refractivity contribution is 0.0947. The molecule has 1 aromatic rings. The minimum atomic E-state index is -0.908. The van der Waals surface area contributed by atoms with Gasteiger partial charge in [0, 0.05) is 29.4 Å². The van der Waals surface area contributed by atoms with Crippen molar-refractivity contribution in [2.24, 2.45) is 0 Å². The zero-order chi connectivity index (χ0) is 12.8. The molecule has 0 aliphatic heterocycles. The van der Waals surface area contributed by atoms with Crippen LogP contribution in [-0.2, 0) is 10.8 Å². The maximum absolute atomic E-state index is 13.3. The molecule has 2 N–H and O–H groups in total. The van der Waals surface area contributed by atoms with E-state index in [2.05, 4.69) is 5.32 Å². The number of benzene rings is 1. The molecule has 0 saturated carbocycles. The fourth-order valence-corrected chi connectivity index (χ4v) is 1.85. The maximum Gasteiger partial charge on any atom is 0.258 e. The molecule has 6 heteroatoms. The second-order valence-corrected chi connectivity index (χ2v) is 5.08. The molecule has 1 atom stereocenters. The van der Waals surface area contributed by atoms with Gasteiger partial charge < -0.3 is 10.4 Å². The third kappa shape index (κ3) is 4.14. The van der Waals surface area contributed by atoms with Crippen molar-refractivity contribution in [2.45, 2.75) is 6.42 Å². The Morgan fingerprint density at radius 3 is 2.82 bits per heavy atom. The number of amides is 1. The first kappa shape index (κ1) is 13.6. The van der Waals surface area contributed by atoms with Crippen molar-refractivity contribution in [2.75, 3.05) is 18.6 Å². The number of aromatic hydroxyl groups is 1. The molecular formula is C11H14FNO3S. The maximum atomic E-state index is 13.3. The van der Waals surface area contributed by atoms with Gasteiger partial charge in [0.1, 0.15) is 17.1 Å². The summed E-state index contributed by atoms with van der Waals surface area (Å²) in [6.07, 6.45) is 2.12. The zero-order valence-electron chi connectivity index (χ0n) is 9.40. The Labute approximate surface area is 101 Å². The van der Waals surface area contributed by atoms with E-state index >= 15 is 0 Å². The largest absolute Gasteiger partial charge is 0.507 e. The van der Waals surface area contributed by atoms with Gasteiger partial charge in [0.15, 0.2) is 0 Å². The van der Waals surface area contributed by atoms with Crippen LogP contribution < -0.4 is 5.32 Å². The fraction of sp³-hybridized carbons (Fsp3) is 0.364. The van der Waals surface area contributed by atoms with Crippen LogP contribution in [-0.4, -0.2) is 33.8 Å². The lowest BCUT2D eigenvalue weighted by atomic mass is 10.1. The first-order chi connectivity index (χ1) is 8.02. The first-order valence-electron chi connectivity index (χ1n) is 5.08. The van der Waals surface area contributed by atoms with Crippen LogP contribution in [0.25, 0.3) is 0 Å². The van der Waals surface area contributed by atoms with Crippen molar-refractivity contribution in [3.05, 3.63) is 29.6 Å². The van der Waals surface area contributed by atoms with E-state index in [4.69, 9.17) is 0 Å². The predicted molar refractivity (Wildman–Crippen MR) is 63.9 cm³/mol. The number of halogens is 1. The van der Waals surface area contributed by atoms with Crippen molar-refractivity contribution < 1.29 is 18.5 Å². The number of carbonyl (C=O) groups is 1. The van der Waals surface area contributed by atoms with Crippen molar-refractivity contribution in [1.29, 1.82) is 0 Å². The normalized spacial score (nSPS) is 12.1. The highest BCUT2D eigenvalue weighted by Gasteiger charge is 2.15. The molecule has 17 heavy (non-hydrogen) atoms. The van der Waals surface area contributed by atoms with Gasteiger partial charge in [-0.3, -0.25) is 9.00 Å². The summed E-state index contributed by atoms with van der Waals surface area (Å²) in [6, 6.07) is 3.68. The van der Waals surface area contributed by atoms with Crippen molar-refractivity contribution in [3.63, 3.8) is 0 Å². The first-order valence-corrected chi connectivity index (χ1v) is 6.81. The lowest BCUT2D eigenvalue weighted by Gasteiger charge is -2.07. The minimum Gasteiger partial charge on any atom is -0.507 e. The molecule has 0 bridgehead atoms. The summed E-state index contributed by atoms with van der Waals surface area (Å²) >= 11 is 0. The topological polar surface area (TPSA) is 66.4 Å². The van der Waals surface area contributed by atoms with Crippen LogP contribution in [0, 0.1) is 5.82 Å². The third-order valence-corrected chi connectivity index (χ3v) is 2.98. The number of hydrogen-bond acceptors (Lipinski definition) is 3. The Morgan fingerprint density at radius 1 is 1.53 bits per heavy atom. The van der Waals surface area contributed by atoms with E-state index in [1.165, 1.54) is 12.1 Å². The Hall–Kier alpha value is -1.43. The highest BCUT2D eigenvalue weighted by molar-refractivity contribution is 7.84. The van der Waals surface area contributed by atoms with Gasteiger partial charge in [-0.1, -0.05) is 6.07 Å². The van der Waals surface area contributed by atoms with E-state index in [1.54, 1.807) is 6.26 Å². The molecule has 94 valence electrons. The summed E-state index contributed by atoms with van der Waals surface area (Å²) in [5.41, 5.74) is -0.356. The van der Waals surface area contributed by atoms with Gasteiger partial charge in [-0.05, 0) is 18.6 Å². The van der Waals surface area contributed by atoms with Crippen LogP contribution in [0.1, 0.15) is 16.8 Å². The van der Waals surface area contributed by atoms with Gasteiger partial charge in [0.2, 0.25) is 0 Å². The molecule has 0 radical (unpaired) electrons. The summed E-state index contributed by atoms with van der Waals surface area (Å²) < 4.78 is 24.0. The number of nitrogens with one attached hydrogen (secondary N) is 1. The molecule has 4 nitrogen and oxygen atoms in total. The number of phenols is 1. The summed E-state index contributed by atoms with van der Waals surface area (Å²) in [7, 11) is -0.908. The molecule has 1 amide bonds. The summed E-state index contributed by atoms with van der Waals surface area (Å²) in [5.74, 6) is -1.34. The number of rotatable bonds is 5. The van der Waals surface area contributed by atoms with Crippen molar-refractivity contribution in [1.82, 2.24) is 5.32 Å². The number of carbonyl (C=O) groups excluding carboxylic acids is 1. The van der Waals surface area contributed by atoms with Crippen LogP contribution in [0.15, 0.2) is 18.2 Å². The highest BCUT2D eigenvalue weighted by Crippen LogP contribution is 2.19. The van der Waals surface area contributed by atoms with Gasteiger partial charge in [-0.15, -0.1) is 0 Å². The Balaban J connectivity index is 2.55. The summed E-state index contributed by atoms with van der Waals surface area (Å²) in [5, 5.41) is 11.8. The van der Waals surface area contributed by atoms with Gasteiger partial charge in [-0.2, -0.15) is 0 Å². The lowest BCUT2D eigenvalue weighted by Crippen LogP contribution is -2.26. The Morgan fingerprint density at radius 2 is 2.24 bits per heavy atom. The quantitative estimate of drug-likeness (QED) is 0.776. The van der Waals surface area contributed by atoms with Gasteiger partial charge in [0.05, 0.1) is 0 Å². The minimum absolute atomic E-state index is 0.298. The Bertz CT molecular complexity index is 416. The predicted octanol–water partition coefficient (Wildman–Crippen LogP) is 1.03. The van der Waals surface area contributed by atoms with Crippen molar-refractivity contribution in [3.8, 4) is 5.75 Å². The van der Waals surface area contributed by atoms with Gasteiger partial charge in [0.25, 0.3) is 5.91 Å². The molecule has 0 aliphatic rings. The van der Waals surface area contributed by atoms with E-state index in [0.717, 1.165) is 6.07 Å². The molecule has 0 aromatic heterocycles. The van der Waals surface area contributed by atoms with Crippen molar-refractivity contribution >= 4 is 16.7 Å². The molecule has 0 fully saturated rings.